The largest absolute Gasteiger partial charge is 0.381 e. The van der Waals surface area contributed by atoms with E-state index in [0.29, 0.717) is 5.92 Å². The van der Waals surface area contributed by atoms with Crippen molar-refractivity contribution >= 4 is 16.8 Å². The fourth-order valence-corrected chi connectivity index (χ4v) is 2.90. The highest BCUT2D eigenvalue weighted by atomic mass is 16.5. The minimum Gasteiger partial charge on any atom is -0.381 e. The van der Waals surface area contributed by atoms with Crippen molar-refractivity contribution in [1.29, 1.82) is 0 Å². The normalized spacial score (nSPS) is 19.1. The Morgan fingerprint density at radius 1 is 1.45 bits per heavy atom. The first-order valence-corrected chi connectivity index (χ1v) is 7.15. The summed E-state index contributed by atoms with van der Waals surface area (Å²) in [7, 11) is 1.88. The number of aromatic nitrogens is 1. The molecule has 1 saturated heterocycles. The minimum atomic E-state index is 0.0840. The van der Waals surface area contributed by atoms with Gasteiger partial charge in [-0.2, -0.15) is 0 Å². The molecule has 1 amide bonds. The standard InChI is InChI=1S/C16H20N2O2/c1-18(10-12-4-3-9-20-11-12)16(19)14-5-2-6-15-13(14)7-8-17-15/h2,5-8,12,17H,3-4,9-11H2,1H3. The predicted molar refractivity (Wildman–Crippen MR) is 78.8 cm³/mol. The molecular weight excluding hydrogens is 252 g/mol. The van der Waals surface area contributed by atoms with Gasteiger partial charge < -0.3 is 14.6 Å². The third-order valence-electron chi connectivity index (χ3n) is 3.96. The van der Waals surface area contributed by atoms with Crippen molar-refractivity contribution in [3.63, 3.8) is 0 Å². The molecular formula is C16H20N2O2. The maximum absolute atomic E-state index is 12.6. The van der Waals surface area contributed by atoms with E-state index < -0.39 is 0 Å². The Labute approximate surface area is 118 Å². The van der Waals surface area contributed by atoms with Gasteiger partial charge in [0.1, 0.15) is 0 Å². The van der Waals surface area contributed by atoms with Crippen molar-refractivity contribution in [3.05, 3.63) is 36.0 Å². The summed E-state index contributed by atoms with van der Waals surface area (Å²) in [6.45, 7) is 2.39. The molecule has 20 heavy (non-hydrogen) atoms. The second kappa shape index (κ2) is 5.67. The summed E-state index contributed by atoms with van der Waals surface area (Å²) in [6.07, 6.45) is 4.11. The fraction of sp³-hybridized carbons (Fsp3) is 0.438. The van der Waals surface area contributed by atoms with Gasteiger partial charge >= 0.3 is 0 Å². The van der Waals surface area contributed by atoms with Crippen LogP contribution in [-0.2, 0) is 4.74 Å². The van der Waals surface area contributed by atoms with Crippen LogP contribution >= 0.6 is 0 Å². The highest BCUT2D eigenvalue weighted by Gasteiger charge is 2.20. The molecule has 0 bridgehead atoms. The van der Waals surface area contributed by atoms with Gasteiger partial charge in [-0.3, -0.25) is 4.79 Å². The van der Waals surface area contributed by atoms with Crippen LogP contribution in [0.25, 0.3) is 10.9 Å². The zero-order chi connectivity index (χ0) is 13.9. The lowest BCUT2D eigenvalue weighted by atomic mass is 10.0. The van der Waals surface area contributed by atoms with E-state index in [-0.39, 0.29) is 5.91 Å². The quantitative estimate of drug-likeness (QED) is 0.933. The Morgan fingerprint density at radius 2 is 2.35 bits per heavy atom. The Hall–Kier alpha value is -1.81. The van der Waals surface area contributed by atoms with E-state index in [1.54, 1.807) is 0 Å². The maximum atomic E-state index is 12.6. The van der Waals surface area contributed by atoms with Crippen LogP contribution in [0.4, 0.5) is 0 Å². The maximum Gasteiger partial charge on any atom is 0.254 e. The summed E-state index contributed by atoms with van der Waals surface area (Å²) in [5.74, 6) is 0.545. The van der Waals surface area contributed by atoms with Crippen LogP contribution in [0.5, 0.6) is 0 Å². The van der Waals surface area contributed by atoms with Gasteiger partial charge in [0.15, 0.2) is 0 Å². The molecule has 1 aromatic carbocycles. The van der Waals surface area contributed by atoms with E-state index >= 15 is 0 Å². The molecule has 1 atom stereocenters. The van der Waals surface area contributed by atoms with Gasteiger partial charge in [0.25, 0.3) is 5.91 Å². The Bertz CT molecular complexity index is 599. The van der Waals surface area contributed by atoms with E-state index in [4.69, 9.17) is 4.74 Å². The first kappa shape index (κ1) is 13.2. The molecule has 1 aromatic heterocycles. The zero-order valence-corrected chi connectivity index (χ0v) is 11.8. The minimum absolute atomic E-state index is 0.0840. The highest BCUT2D eigenvalue weighted by Crippen LogP contribution is 2.20. The molecule has 4 nitrogen and oxygen atoms in total. The second-order valence-electron chi connectivity index (χ2n) is 5.51. The number of ether oxygens (including phenoxy) is 1. The molecule has 4 heteroatoms. The lowest BCUT2D eigenvalue weighted by Gasteiger charge is -2.27. The average Bonchev–Trinajstić information content (AvgIpc) is 2.96. The summed E-state index contributed by atoms with van der Waals surface area (Å²) in [5, 5.41) is 0.990. The lowest BCUT2D eigenvalue weighted by molar-refractivity contribution is 0.0389. The van der Waals surface area contributed by atoms with Crippen LogP contribution in [0.2, 0.25) is 0 Å². The molecule has 1 aliphatic heterocycles. The van der Waals surface area contributed by atoms with Gasteiger partial charge in [0.2, 0.25) is 0 Å². The van der Waals surface area contributed by atoms with Crippen LogP contribution in [0, 0.1) is 5.92 Å². The van der Waals surface area contributed by atoms with Gasteiger partial charge in [-0.05, 0) is 37.0 Å². The molecule has 1 N–H and O–H groups in total. The third-order valence-corrected chi connectivity index (χ3v) is 3.96. The predicted octanol–water partition coefficient (Wildman–Crippen LogP) is 2.67. The van der Waals surface area contributed by atoms with Gasteiger partial charge in [0, 0.05) is 42.9 Å². The molecule has 106 valence electrons. The number of hydrogen-bond acceptors (Lipinski definition) is 2. The molecule has 0 saturated carbocycles. The van der Waals surface area contributed by atoms with Crippen molar-refractivity contribution in [2.45, 2.75) is 12.8 Å². The lowest BCUT2D eigenvalue weighted by Crippen LogP contribution is -2.35. The van der Waals surface area contributed by atoms with Crippen LogP contribution in [-0.4, -0.2) is 42.6 Å². The molecule has 0 spiro atoms. The van der Waals surface area contributed by atoms with Crippen LogP contribution in [0.1, 0.15) is 23.2 Å². The van der Waals surface area contributed by atoms with Gasteiger partial charge in [0.05, 0.1) is 6.61 Å². The van der Waals surface area contributed by atoms with Gasteiger partial charge in [-0.15, -0.1) is 0 Å². The van der Waals surface area contributed by atoms with Gasteiger partial charge in [-0.1, -0.05) is 6.07 Å². The second-order valence-corrected chi connectivity index (χ2v) is 5.51. The fourth-order valence-electron chi connectivity index (χ4n) is 2.90. The summed E-state index contributed by atoms with van der Waals surface area (Å²) in [6, 6.07) is 7.76. The number of nitrogens with zero attached hydrogens (tertiary/aromatic N) is 1. The van der Waals surface area contributed by atoms with Crippen LogP contribution in [0.3, 0.4) is 0 Å². The number of aromatic amines is 1. The Morgan fingerprint density at radius 3 is 3.15 bits per heavy atom. The van der Waals surface area contributed by atoms with E-state index in [9.17, 15) is 4.79 Å². The number of fused-ring (bicyclic) bond motifs is 1. The van der Waals surface area contributed by atoms with Crippen molar-refractivity contribution in [1.82, 2.24) is 9.88 Å². The van der Waals surface area contributed by atoms with E-state index in [1.807, 2.05) is 42.4 Å². The third kappa shape index (κ3) is 2.56. The number of hydrogen-bond donors (Lipinski definition) is 1. The van der Waals surface area contributed by atoms with Gasteiger partial charge in [-0.25, -0.2) is 0 Å². The summed E-state index contributed by atoms with van der Waals surface area (Å²) >= 11 is 0. The monoisotopic (exact) mass is 272 g/mol. The summed E-state index contributed by atoms with van der Waals surface area (Å²) in [4.78, 5) is 17.6. The molecule has 0 radical (unpaired) electrons. The highest BCUT2D eigenvalue weighted by molar-refractivity contribution is 6.06. The van der Waals surface area contributed by atoms with Crippen molar-refractivity contribution in [2.24, 2.45) is 5.92 Å². The molecule has 0 aliphatic carbocycles. The number of nitrogens with one attached hydrogen (secondary N) is 1. The average molecular weight is 272 g/mol. The Balaban J connectivity index is 1.75. The van der Waals surface area contributed by atoms with E-state index in [0.717, 1.165) is 49.1 Å². The number of amides is 1. The molecule has 2 heterocycles. The van der Waals surface area contributed by atoms with Crippen LogP contribution < -0.4 is 0 Å². The summed E-state index contributed by atoms with van der Waals surface area (Å²) < 4.78 is 5.48. The topological polar surface area (TPSA) is 45.3 Å². The van der Waals surface area contributed by atoms with Crippen molar-refractivity contribution < 1.29 is 9.53 Å². The molecule has 1 aliphatic rings. The van der Waals surface area contributed by atoms with E-state index in [1.165, 1.54) is 0 Å². The first-order chi connectivity index (χ1) is 9.75. The first-order valence-electron chi connectivity index (χ1n) is 7.15. The number of benzene rings is 1. The molecule has 3 rings (SSSR count). The number of H-pyrrole nitrogens is 1. The zero-order valence-electron chi connectivity index (χ0n) is 11.8. The smallest absolute Gasteiger partial charge is 0.254 e. The van der Waals surface area contributed by atoms with Crippen molar-refractivity contribution in [3.8, 4) is 0 Å². The number of rotatable bonds is 3. The molecule has 1 fully saturated rings. The number of carbonyl (C=O) groups excluding carboxylic acids is 1. The van der Waals surface area contributed by atoms with E-state index in [2.05, 4.69) is 4.98 Å². The molecule has 2 aromatic rings. The van der Waals surface area contributed by atoms with Crippen molar-refractivity contribution in [2.75, 3.05) is 26.8 Å². The van der Waals surface area contributed by atoms with Crippen LogP contribution in [0.15, 0.2) is 30.5 Å². The Kier molecular flexibility index (Phi) is 3.74. The SMILES string of the molecule is CN(CC1CCCOC1)C(=O)c1cccc2[nH]ccc12. The number of carbonyl (C=O) groups is 1. The summed E-state index contributed by atoms with van der Waals surface area (Å²) in [5.41, 5.74) is 1.77. The molecule has 1 unspecified atom stereocenters.